The van der Waals surface area contributed by atoms with E-state index in [2.05, 4.69) is 21.2 Å². The molecule has 2 N–H and O–H groups in total. The molecule has 0 saturated heterocycles. The van der Waals surface area contributed by atoms with Gasteiger partial charge in [0, 0.05) is 18.7 Å². The van der Waals surface area contributed by atoms with Crippen LogP contribution in [0.2, 0.25) is 0 Å². The summed E-state index contributed by atoms with van der Waals surface area (Å²) in [6.07, 6.45) is 0. The molecule has 0 fully saturated rings. The molecule has 0 radical (unpaired) electrons. The van der Waals surface area contributed by atoms with Gasteiger partial charge in [-0.3, -0.25) is 0 Å². The molecule has 6 heteroatoms. The van der Waals surface area contributed by atoms with E-state index >= 15 is 0 Å². The highest BCUT2D eigenvalue weighted by Gasteiger charge is 2.13. The van der Waals surface area contributed by atoms with E-state index < -0.39 is 0 Å². The molecule has 4 nitrogen and oxygen atoms in total. The van der Waals surface area contributed by atoms with Gasteiger partial charge in [0.1, 0.15) is 12.4 Å². The molecule has 130 valence electrons. The van der Waals surface area contributed by atoms with Crippen molar-refractivity contribution in [3.05, 3.63) is 57.8 Å². The molecular weight excluding hydrogens is 377 g/mol. The Morgan fingerprint density at radius 1 is 1.21 bits per heavy atom. The molecule has 24 heavy (non-hydrogen) atoms. The zero-order chi connectivity index (χ0) is 17.4. The predicted molar refractivity (Wildman–Crippen MR) is 94.8 cm³/mol. The first-order valence-electron chi connectivity index (χ1n) is 7.78. The zero-order valence-corrected chi connectivity index (χ0v) is 15.1. The second-order valence-electron chi connectivity index (χ2n) is 5.12. The van der Waals surface area contributed by atoms with Crippen LogP contribution in [0.25, 0.3) is 0 Å². The SMILES string of the molecule is CCOc1cc(CNCCO)cc(Br)c1OCc1ccccc1F. The fraction of sp³-hybridized carbons (Fsp3) is 0.333. The Morgan fingerprint density at radius 3 is 2.71 bits per heavy atom. The van der Waals surface area contributed by atoms with Crippen LogP contribution in [0.4, 0.5) is 4.39 Å². The number of hydrogen-bond donors (Lipinski definition) is 2. The summed E-state index contributed by atoms with van der Waals surface area (Å²) in [5.74, 6) is 0.853. The van der Waals surface area contributed by atoms with Crippen LogP contribution in [0.15, 0.2) is 40.9 Å². The Balaban J connectivity index is 2.16. The summed E-state index contributed by atoms with van der Waals surface area (Å²) in [6.45, 7) is 3.72. The van der Waals surface area contributed by atoms with E-state index in [1.807, 2.05) is 19.1 Å². The number of hydrogen-bond acceptors (Lipinski definition) is 4. The quantitative estimate of drug-likeness (QED) is 0.634. The second kappa shape index (κ2) is 9.61. The van der Waals surface area contributed by atoms with Gasteiger partial charge in [-0.15, -0.1) is 0 Å². The van der Waals surface area contributed by atoms with Crippen molar-refractivity contribution in [2.24, 2.45) is 0 Å². The fourth-order valence-corrected chi connectivity index (χ4v) is 2.81. The third-order valence-corrected chi connectivity index (χ3v) is 3.91. The molecule has 0 aliphatic heterocycles. The van der Waals surface area contributed by atoms with Gasteiger partial charge in [-0.2, -0.15) is 0 Å². The number of benzene rings is 2. The minimum atomic E-state index is -0.295. The van der Waals surface area contributed by atoms with Crippen molar-refractivity contribution in [3.8, 4) is 11.5 Å². The molecule has 0 aliphatic carbocycles. The number of aliphatic hydroxyl groups excluding tert-OH is 1. The molecule has 0 amide bonds. The Bertz CT molecular complexity index is 667. The minimum absolute atomic E-state index is 0.0866. The normalized spacial score (nSPS) is 10.7. The average molecular weight is 398 g/mol. The maximum atomic E-state index is 13.7. The molecule has 0 heterocycles. The van der Waals surface area contributed by atoms with Crippen LogP contribution in [0.5, 0.6) is 11.5 Å². The van der Waals surface area contributed by atoms with Crippen molar-refractivity contribution in [2.75, 3.05) is 19.8 Å². The van der Waals surface area contributed by atoms with Crippen LogP contribution < -0.4 is 14.8 Å². The van der Waals surface area contributed by atoms with Gasteiger partial charge in [0.25, 0.3) is 0 Å². The van der Waals surface area contributed by atoms with E-state index in [4.69, 9.17) is 14.6 Å². The molecule has 0 atom stereocenters. The Hall–Kier alpha value is -1.63. The average Bonchev–Trinajstić information content (AvgIpc) is 2.56. The molecule has 0 bridgehead atoms. The number of rotatable bonds is 9. The highest BCUT2D eigenvalue weighted by molar-refractivity contribution is 9.10. The van der Waals surface area contributed by atoms with Gasteiger partial charge in [0.15, 0.2) is 11.5 Å². The third-order valence-electron chi connectivity index (χ3n) is 3.32. The third kappa shape index (κ3) is 5.19. The fourth-order valence-electron chi connectivity index (χ4n) is 2.20. The summed E-state index contributed by atoms with van der Waals surface area (Å²) in [5, 5.41) is 12.0. The van der Waals surface area contributed by atoms with Crippen LogP contribution in [0.3, 0.4) is 0 Å². The van der Waals surface area contributed by atoms with Crippen LogP contribution in [0.1, 0.15) is 18.1 Å². The summed E-state index contributed by atoms with van der Waals surface area (Å²) in [4.78, 5) is 0. The van der Waals surface area contributed by atoms with Crippen LogP contribution in [0, 0.1) is 5.82 Å². The van der Waals surface area contributed by atoms with E-state index in [-0.39, 0.29) is 19.0 Å². The van der Waals surface area contributed by atoms with Crippen molar-refractivity contribution < 1.29 is 19.0 Å². The van der Waals surface area contributed by atoms with Gasteiger partial charge in [-0.05, 0) is 46.6 Å². The lowest BCUT2D eigenvalue weighted by atomic mass is 10.2. The van der Waals surface area contributed by atoms with Gasteiger partial charge in [0.05, 0.1) is 17.7 Å². The maximum Gasteiger partial charge on any atom is 0.175 e. The number of nitrogens with one attached hydrogen (secondary N) is 1. The van der Waals surface area contributed by atoms with E-state index in [1.165, 1.54) is 6.07 Å². The highest BCUT2D eigenvalue weighted by Crippen LogP contribution is 2.37. The van der Waals surface area contributed by atoms with E-state index in [9.17, 15) is 4.39 Å². The maximum absolute atomic E-state index is 13.7. The standard InChI is InChI=1S/C18H21BrFNO3/c1-2-23-17-10-13(11-21-7-8-22)9-15(19)18(17)24-12-14-5-3-4-6-16(14)20/h3-6,9-10,21-22H,2,7-8,11-12H2,1H3. The molecule has 0 spiro atoms. The van der Waals surface area contributed by atoms with Gasteiger partial charge in [-0.25, -0.2) is 4.39 Å². The molecule has 0 saturated carbocycles. The Kier molecular flexibility index (Phi) is 7.49. The zero-order valence-electron chi connectivity index (χ0n) is 13.5. The molecule has 0 unspecified atom stereocenters. The number of halogens is 2. The smallest absolute Gasteiger partial charge is 0.175 e. The van der Waals surface area contributed by atoms with Crippen molar-refractivity contribution in [3.63, 3.8) is 0 Å². The molecule has 0 aliphatic rings. The van der Waals surface area contributed by atoms with Crippen LogP contribution >= 0.6 is 15.9 Å². The summed E-state index contributed by atoms with van der Waals surface area (Å²) in [6, 6.07) is 10.3. The first kappa shape index (κ1) is 18.7. The van der Waals surface area contributed by atoms with Crippen molar-refractivity contribution in [2.45, 2.75) is 20.1 Å². The summed E-state index contributed by atoms with van der Waals surface area (Å²) < 4.78 is 25.9. The lowest BCUT2D eigenvalue weighted by Gasteiger charge is -2.16. The molecular formula is C18H21BrFNO3. The summed E-state index contributed by atoms with van der Waals surface area (Å²) in [7, 11) is 0. The molecule has 2 aromatic carbocycles. The largest absolute Gasteiger partial charge is 0.490 e. The Labute approximate surface area is 149 Å². The lowest BCUT2D eigenvalue weighted by Crippen LogP contribution is -2.17. The number of aliphatic hydroxyl groups is 1. The van der Waals surface area contributed by atoms with E-state index in [1.54, 1.807) is 18.2 Å². The van der Waals surface area contributed by atoms with Crippen molar-refractivity contribution >= 4 is 15.9 Å². The van der Waals surface area contributed by atoms with Gasteiger partial charge in [-0.1, -0.05) is 18.2 Å². The first-order chi connectivity index (χ1) is 11.7. The van der Waals surface area contributed by atoms with Crippen molar-refractivity contribution in [1.82, 2.24) is 5.32 Å². The summed E-state index contributed by atoms with van der Waals surface area (Å²) in [5.41, 5.74) is 1.48. The van der Waals surface area contributed by atoms with Crippen LogP contribution in [-0.4, -0.2) is 24.9 Å². The molecule has 0 aromatic heterocycles. The summed E-state index contributed by atoms with van der Waals surface area (Å²) >= 11 is 3.49. The predicted octanol–water partition coefficient (Wildman–Crippen LogP) is 3.65. The van der Waals surface area contributed by atoms with E-state index in [0.717, 1.165) is 10.0 Å². The topological polar surface area (TPSA) is 50.7 Å². The van der Waals surface area contributed by atoms with Crippen LogP contribution in [-0.2, 0) is 13.2 Å². The second-order valence-corrected chi connectivity index (χ2v) is 5.97. The Morgan fingerprint density at radius 2 is 2.00 bits per heavy atom. The monoisotopic (exact) mass is 397 g/mol. The van der Waals surface area contributed by atoms with Crippen molar-refractivity contribution in [1.29, 1.82) is 0 Å². The van der Waals surface area contributed by atoms with Gasteiger partial charge < -0.3 is 19.9 Å². The molecule has 2 rings (SSSR count). The van der Waals surface area contributed by atoms with Gasteiger partial charge in [0.2, 0.25) is 0 Å². The highest BCUT2D eigenvalue weighted by atomic mass is 79.9. The first-order valence-corrected chi connectivity index (χ1v) is 8.58. The minimum Gasteiger partial charge on any atom is -0.490 e. The van der Waals surface area contributed by atoms with Gasteiger partial charge >= 0.3 is 0 Å². The molecule has 2 aromatic rings. The number of ether oxygens (including phenoxy) is 2. The lowest BCUT2D eigenvalue weighted by molar-refractivity contribution is 0.264. The van der Waals surface area contributed by atoms with E-state index in [0.29, 0.717) is 36.8 Å².